The summed E-state index contributed by atoms with van der Waals surface area (Å²) in [6.07, 6.45) is 1.05. The lowest BCUT2D eigenvalue weighted by atomic mass is 10.0. The number of aromatic hydroxyl groups is 1. The zero-order valence-corrected chi connectivity index (χ0v) is 16.1. The Morgan fingerprint density at radius 1 is 1.07 bits per heavy atom. The average Bonchev–Trinajstić information content (AvgIpc) is 2.65. The average molecular weight is 378 g/mol. The maximum Gasteiger partial charge on any atom is 0.339 e. The van der Waals surface area contributed by atoms with Crippen molar-refractivity contribution in [1.29, 1.82) is 0 Å². The zero-order valence-electron chi connectivity index (χ0n) is 16.1. The second-order valence-electron chi connectivity index (χ2n) is 7.00. The van der Waals surface area contributed by atoms with Crippen molar-refractivity contribution >= 4 is 22.8 Å². The summed E-state index contributed by atoms with van der Waals surface area (Å²) in [5, 5.41) is 20.0. The zero-order chi connectivity index (χ0) is 20.4. The molecule has 6 nitrogen and oxygen atoms in total. The van der Waals surface area contributed by atoms with Crippen molar-refractivity contribution < 1.29 is 19.8 Å². The maximum absolute atomic E-state index is 11.8. The van der Waals surface area contributed by atoms with Gasteiger partial charge in [-0.15, -0.1) is 0 Å². The van der Waals surface area contributed by atoms with Gasteiger partial charge in [-0.25, -0.2) is 9.78 Å². The highest BCUT2D eigenvalue weighted by Crippen LogP contribution is 2.28. The molecule has 0 bridgehead atoms. The number of carboxylic acids is 1. The van der Waals surface area contributed by atoms with Gasteiger partial charge in [0.05, 0.1) is 11.2 Å². The number of fused-ring (bicyclic) bond motifs is 1. The molecule has 0 spiro atoms. The van der Waals surface area contributed by atoms with E-state index < -0.39 is 5.97 Å². The van der Waals surface area contributed by atoms with E-state index in [9.17, 15) is 19.8 Å². The number of aromatic carboxylic acids is 1. The van der Waals surface area contributed by atoms with Gasteiger partial charge in [-0.3, -0.25) is 4.79 Å². The standard InChI is InChI=1S/C22H22N2O4/c1-13-10-18(15-6-8-20(25)17(12-15)22(27)28)23-19-11-14(4-7-16(13)19)5-9-21(26)24(2)3/h4,6-8,10-12,25H,5,9H2,1-3H3,(H,27,28). The van der Waals surface area contributed by atoms with Crippen LogP contribution >= 0.6 is 0 Å². The van der Waals surface area contributed by atoms with Gasteiger partial charge < -0.3 is 15.1 Å². The number of aryl methyl sites for hydroxylation is 2. The smallest absolute Gasteiger partial charge is 0.339 e. The molecule has 0 aliphatic carbocycles. The largest absolute Gasteiger partial charge is 0.507 e. The minimum atomic E-state index is -1.19. The maximum atomic E-state index is 11.8. The van der Waals surface area contributed by atoms with Gasteiger partial charge >= 0.3 is 5.97 Å². The molecule has 0 unspecified atom stereocenters. The van der Waals surface area contributed by atoms with Crippen LogP contribution in [0.1, 0.15) is 27.9 Å². The van der Waals surface area contributed by atoms with Crippen LogP contribution in [0.15, 0.2) is 42.5 Å². The number of rotatable bonds is 5. The number of phenols is 1. The fraction of sp³-hybridized carbons (Fsp3) is 0.227. The van der Waals surface area contributed by atoms with Crippen LogP contribution in [0.2, 0.25) is 0 Å². The van der Waals surface area contributed by atoms with Gasteiger partial charge in [-0.2, -0.15) is 0 Å². The van der Waals surface area contributed by atoms with Gasteiger partial charge in [-0.1, -0.05) is 12.1 Å². The van der Waals surface area contributed by atoms with Gasteiger partial charge in [0.1, 0.15) is 11.3 Å². The molecule has 6 heteroatoms. The molecule has 3 rings (SSSR count). The summed E-state index contributed by atoms with van der Waals surface area (Å²) in [5.74, 6) is -1.39. The Morgan fingerprint density at radius 3 is 2.50 bits per heavy atom. The highest BCUT2D eigenvalue weighted by Gasteiger charge is 2.13. The molecule has 0 radical (unpaired) electrons. The number of benzene rings is 2. The molecule has 2 N–H and O–H groups in total. The van der Waals surface area contributed by atoms with Gasteiger partial charge in [0.25, 0.3) is 0 Å². The van der Waals surface area contributed by atoms with Crippen molar-refractivity contribution in [2.75, 3.05) is 14.1 Å². The monoisotopic (exact) mass is 378 g/mol. The first-order chi connectivity index (χ1) is 13.3. The Kier molecular flexibility index (Phi) is 5.31. The van der Waals surface area contributed by atoms with Gasteiger partial charge in [0, 0.05) is 31.5 Å². The van der Waals surface area contributed by atoms with Gasteiger partial charge in [-0.05, 0) is 54.8 Å². The van der Waals surface area contributed by atoms with Crippen molar-refractivity contribution in [3.63, 3.8) is 0 Å². The van der Waals surface area contributed by atoms with E-state index in [1.807, 2.05) is 31.2 Å². The van der Waals surface area contributed by atoms with E-state index in [0.717, 1.165) is 22.0 Å². The highest BCUT2D eigenvalue weighted by atomic mass is 16.4. The summed E-state index contributed by atoms with van der Waals surface area (Å²) in [4.78, 5) is 29.4. The van der Waals surface area contributed by atoms with Crippen LogP contribution in [0.5, 0.6) is 5.75 Å². The Balaban J connectivity index is 2.00. The normalized spacial score (nSPS) is 10.8. The number of hydrogen-bond acceptors (Lipinski definition) is 4. The van der Waals surface area contributed by atoms with E-state index in [-0.39, 0.29) is 17.2 Å². The third-order valence-corrected chi connectivity index (χ3v) is 4.73. The molecule has 0 saturated heterocycles. The Labute approximate surface area is 163 Å². The van der Waals surface area contributed by atoms with Crippen LogP contribution in [0.3, 0.4) is 0 Å². The molecule has 3 aromatic rings. The van der Waals surface area contributed by atoms with E-state index in [2.05, 4.69) is 4.98 Å². The molecule has 0 aliphatic rings. The topological polar surface area (TPSA) is 90.7 Å². The molecule has 0 saturated carbocycles. The number of pyridine rings is 1. The summed E-state index contributed by atoms with van der Waals surface area (Å²) in [5.41, 5.74) is 3.91. The number of carbonyl (C=O) groups is 2. The van der Waals surface area contributed by atoms with Crippen LogP contribution < -0.4 is 0 Å². The molecule has 0 atom stereocenters. The first kappa shape index (κ1) is 19.4. The molecule has 144 valence electrons. The molecule has 1 aromatic heterocycles. The van der Waals surface area contributed by atoms with Crippen LogP contribution in [0, 0.1) is 6.92 Å². The third kappa shape index (κ3) is 3.96. The lowest BCUT2D eigenvalue weighted by molar-refractivity contribution is -0.128. The van der Waals surface area contributed by atoms with E-state index in [1.54, 1.807) is 25.1 Å². The second-order valence-corrected chi connectivity index (χ2v) is 7.00. The van der Waals surface area contributed by atoms with Crippen LogP contribution in [0.4, 0.5) is 0 Å². The van der Waals surface area contributed by atoms with Crippen molar-refractivity contribution in [1.82, 2.24) is 9.88 Å². The lowest BCUT2D eigenvalue weighted by Gasteiger charge is -2.11. The molecule has 1 amide bonds. The van der Waals surface area contributed by atoms with Gasteiger partial charge in [0.2, 0.25) is 5.91 Å². The molecule has 2 aromatic carbocycles. The molecular formula is C22H22N2O4. The lowest BCUT2D eigenvalue weighted by Crippen LogP contribution is -2.21. The van der Waals surface area contributed by atoms with Crippen LogP contribution in [-0.2, 0) is 11.2 Å². The SMILES string of the molecule is Cc1cc(-c2ccc(O)c(C(=O)O)c2)nc2cc(CCC(=O)N(C)C)ccc12. The summed E-state index contributed by atoms with van der Waals surface area (Å²) in [6, 6.07) is 12.3. The summed E-state index contributed by atoms with van der Waals surface area (Å²) in [6.45, 7) is 1.97. The first-order valence-electron chi connectivity index (χ1n) is 8.93. The van der Waals surface area contributed by atoms with E-state index >= 15 is 0 Å². The van der Waals surface area contributed by atoms with Crippen LogP contribution in [0.25, 0.3) is 22.2 Å². The molecule has 0 fully saturated rings. The summed E-state index contributed by atoms with van der Waals surface area (Å²) >= 11 is 0. The van der Waals surface area contributed by atoms with Crippen molar-refractivity contribution in [2.45, 2.75) is 19.8 Å². The summed E-state index contributed by atoms with van der Waals surface area (Å²) < 4.78 is 0. The second kappa shape index (κ2) is 7.68. The number of aromatic nitrogens is 1. The van der Waals surface area contributed by atoms with Crippen molar-refractivity contribution in [2.24, 2.45) is 0 Å². The van der Waals surface area contributed by atoms with Crippen LogP contribution in [-0.4, -0.2) is 46.1 Å². The minimum Gasteiger partial charge on any atom is -0.507 e. The van der Waals surface area contributed by atoms with E-state index in [1.165, 1.54) is 12.1 Å². The summed E-state index contributed by atoms with van der Waals surface area (Å²) in [7, 11) is 3.48. The number of carboxylic acid groups (broad SMARTS) is 1. The van der Waals surface area contributed by atoms with Crippen molar-refractivity contribution in [3.8, 4) is 17.0 Å². The number of carbonyl (C=O) groups excluding carboxylic acids is 1. The molecule has 0 aliphatic heterocycles. The van der Waals surface area contributed by atoms with E-state index in [4.69, 9.17) is 0 Å². The predicted octanol–water partition coefficient (Wildman–Crippen LogP) is 3.63. The highest BCUT2D eigenvalue weighted by molar-refractivity contribution is 5.93. The molecule has 1 heterocycles. The fourth-order valence-electron chi connectivity index (χ4n) is 3.09. The third-order valence-electron chi connectivity index (χ3n) is 4.73. The van der Waals surface area contributed by atoms with E-state index in [0.29, 0.717) is 24.1 Å². The fourth-order valence-corrected chi connectivity index (χ4v) is 3.09. The minimum absolute atomic E-state index is 0.0725. The quantitative estimate of drug-likeness (QED) is 0.707. The number of nitrogens with zero attached hydrogens (tertiary/aromatic N) is 2. The Hall–Kier alpha value is -3.41. The Morgan fingerprint density at radius 2 is 1.82 bits per heavy atom. The first-order valence-corrected chi connectivity index (χ1v) is 8.93. The number of amides is 1. The Bertz CT molecular complexity index is 1070. The molecule has 28 heavy (non-hydrogen) atoms. The van der Waals surface area contributed by atoms with Gasteiger partial charge in [0.15, 0.2) is 0 Å². The predicted molar refractivity (Wildman–Crippen MR) is 108 cm³/mol. The van der Waals surface area contributed by atoms with Crippen molar-refractivity contribution in [3.05, 3.63) is 59.2 Å². The molecular weight excluding hydrogens is 356 g/mol. The number of hydrogen-bond donors (Lipinski definition) is 2.